The number of rotatable bonds is 5. The van der Waals surface area contributed by atoms with Crippen LogP contribution in [0.3, 0.4) is 0 Å². The lowest BCUT2D eigenvalue weighted by Crippen LogP contribution is -2.52. The van der Waals surface area contributed by atoms with Gasteiger partial charge in [0.25, 0.3) is 0 Å². The molecule has 1 fully saturated rings. The first-order valence-electron chi connectivity index (χ1n) is 5.98. The van der Waals surface area contributed by atoms with Crippen molar-refractivity contribution in [2.75, 3.05) is 40.4 Å². The third-order valence-electron chi connectivity index (χ3n) is 3.56. The highest BCUT2D eigenvalue weighted by Crippen LogP contribution is 2.29. The fourth-order valence-electron chi connectivity index (χ4n) is 2.42. The second-order valence-electron chi connectivity index (χ2n) is 5.21. The van der Waals surface area contributed by atoms with Gasteiger partial charge in [-0.25, -0.2) is 0 Å². The van der Waals surface area contributed by atoms with E-state index in [9.17, 15) is 0 Å². The molecular formula is C12H26N2O. The monoisotopic (exact) mass is 214 g/mol. The molecule has 0 aromatic carbocycles. The summed E-state index contributed by atoms with van der Waals surface area (Å²) >= 11 is 0. The minimum Gasteiger partial charge on any atom is -0.383 e. The SMILES string of the molecule is CNCC1CCC(C)(C)N(CCOC)C1. The fraction of sp³-hybridized carbons (Fsp3) is 1.00. The van der Waals surface area contributed by atoms with Crippen LogP contribution in [0.4, 0.5) is 0 Å². The molecule has 0 aromatic rings. The molecule has 1 aliphatic rings. The van der Waals surface area contributed by atoms with E-state index in [0.29, 0.717) is 5.54 Å². The summed E-state index contributed by atoms with van der Waals surface area (Å²) in [6, 6.07) is 0. The zero-order valence-electron chi connectivity index (χ0n) is 10.7. The van der Waals surface area contributed by atoms with Crippen molar-refractivity contribution in [2.24, 2.45) is 5.92 Å². The average molecular weight is 214 g/mol. The van der Waals surface area contributed by atoms with Gasteiger partial charge in [-0.2, -0.15) is 0 Å². The maximum Gasteiger partial charge on any atom is 0.0589 e. The van der Waals surface area contributed by atoms with E-state index in [2.05, 4.69) is 24.1 Å². The predicted octanol–water partition coefficient (Wildman–Crippen LogP) is 1.34. The van der Waals surface area contributed by atoms with Crippen LogP contribution in [-0.4, -0.2) is 50.8 Å². The lowest BCUT2D eigenvalue weighted by atomic mass is 9.85. The van der Waals surface area contributed by atoms with E-state index in [1.165, 1.54) is 19.4 Å². The number of nitrogens with one attached hydrogen (secondary N) is 1. The highest BCUT2D eigenvalue weighted by atomic mass is 16.5. The topological polar surface area (TPSA) is 24.5 Å². The molecule has 0 spiro atoms. The van der Waals surface area contributed by atoms with Crippen molar-refractivity contribution in [2.45, 2.75) is 32.2 Å². The highest BCUT2D eigenvalue weighted by Gasteiger charge is 2.33. The summed E-state index contributed by atoms with van der Waals surface area (Å²) in [7, 11) is 3.82. The van der Waals surface area contributed by atoms with Crippen LogP contribution in [0.2, 0.25) is 0 Å². The van der Waals surface area contributed by atoms with Crippen molar-refractivity contribution in [3.63, 3.8) is 0 Å². The Morgan fingerprint density at radius 1 is 1.47 bits per heavy atom. The molecule has 1 atom stereocenters. The summed E-state index contributed by atoms with van der Waals surface area (Å²) in [6.07, 6.45) is 2.64. The van der Waals surface area contributed by atoms with Crippen LogP contribution in [0.25, 0.3) is 0 Å². The normalized spacial score (nSPS) is 26.8. The van der Waals surface area contributed by atoms with Crippen LogP contribution in [0, 0.1) is 5.92 Å². The van der Waals surface area contributed by atoms with Crippen LogP contribution < -0.4 is 5.32 Å². The Morgan fingerprint density at radius 3 is 2.80 bits per heavy atom. The van der Waals surface area contributed by atoms with Crippen LogP contribution in [0.5, 0.6) is 0 Å². The van der Waals surface area contributed by atoms with Crippen LogP contribution in [0.15, 0.2) is 0 Å². The van der Waals surface area contributed by atoms with Crippen molar-refractivity contribution in [1.29, 1.82) is 0 Å². The van der Waals surface area contributed by atoms with Crippen molar-refractivity contribution in [3.05, 3.63) is 0 Å². The van der Waals surface area contributed by atoms with Gasteiger partial charge in [-0.15, -0.1) is 0 Å². The quantitative estimate of drug-likeness (QED) is 0.747. The summed E-state index contributed by atoms with van der Waals surface area (Å²) in [5, 5.41) is 3.28. The third-order valence-corrected chi connectivity index (χ3v) is 3.56. The van der Waals surface area contributed by atoms with E-state index >= 15 is 0 Å². The smallest absolute Gasteiger partial charge is 0.0589 e. The molecule has 3 heteroatoms. The molecule has 0 aromatic heterocycles. The van der Waals surface area contributed by atoms with Gasteiger partial charge in [0.1, 0.15) is 0 Å². The molecule has 0 saturated carbocycles. The van der Waals surface area contributed by atoms with Gasteiger partial charge in [0, 0.05) is 25.7 Å². The summed E-state index contributed by atoms with van der Waals surface area (Å²) in [5.41, 5.74) is 0.350. The van der Waals surface area contributed by atoms with Gasteiger partial charge in [-0.1, -0.05) is 0 Å². The summed E-state index contributed by atoms with van der Waals surface area (Å²) in [6.45, 7) is 8.94. The molecule has 1 aliphatic heterocycles. The molecule has 90 valence electrons. The molecular weight excluding hydrogens is 188 g/mol. The van der Waals surface area contributed by atoms with Crippen LogP contribution in [0.1, 0.15) is 26.7 Å². The largest absolute Gasteiger partial charge is 0.383 e. The number of piperidine rings is 1. The third kappa shape index (κ3) is 3.74. The standard InChI is InChI=1S/C12H26N2O/c1-12(2)6-5-11(9-13-3)10-14(12)7-8-15-4/h11,13H,5-10H2,1-4H3. The lowest BCUT2D eigenvalue weighted by molar-refractivity contribution is 0.0239. The number of hydrogen-bond acceptors (Lipinski definition) is 3. The van der Waals surface area contributed by atoms with Gasteiger partial charge in [-0.05, 0) is 46.2 Å². The van der Waals surface area contributed by atoms with Gasteiger partial charge >= 0.3 is 0 Å². The van der Waals surface area contributed by atoms with Gasteiger partial charge in [0.05, 0.1) is 6.61 Å². The number of likely N-dealkylation sites (tertiary alicyclic amines) is 1. The zero-order valence-corrected chi connectivity index (χ0v) is 10.7. The van der Waals surface area contributed by atoms with E-state index in [4.69, 9.17) is 4.74 Å². The van der Waals surface area contributed by atoms with Crippen LogP contribution in [-0.2, 0) is 4.74 Å². The summed E-state index contributed by atoms with van der Waals surface area (Å²) < 4.78 is 5.18. The Balaban J connectivity index is 2.46. The average Bonchev–Trinajstić information content (AvgIpc) is 2.19. The maximum absolute atomic E-state index is 5.18. The molecule has 0 bridgehead atoms. The van der Waals surface area contributed by atoms with Gasteiger partial charge in [-0.3, -0.25) is 4.90 Å². The van der Waals surface area contributed by atoms with Crippen LogP contribution >= 0.6 is 0 Å². The highest BCUT2D eigenvalue weighted by molar-refractivity contribution is 4.89. The molecule has 1 unspecified atom stereocenters. The molecule has 1 rings (SSSR count). The molecule has 1 heterocycles. The summed E-state index contributed by atoms with van der Waals surface area (Å²) in [4.78, 5) is 2.57. The minimum absolute atomic E-state index is 0.350. The number of ether oxygens (including phenoxy) is 1. The second kappa shape index (κ2) is 5.83. The molecule has 1 saturated heterocycles. The lowest BCUT2D eigenvalue weighted by Gasteiger charge is -2.45. The van der Waals surface area contributed by atoms with E-state index in [1.807, 2.05) is 7.05 Å². The maximum atomic E-state index is 5.18. The van der Waals surface area contributed by atoms with Crippen molar-refractivity contribution < 1.29 is 4.74 Å². The molecule has 0 aliphatic carbocycles. The first-order chi connectivity index (χ1) is 7.10. The van der Waals surface area contributed by atoms with E-state index < -0.39 is 0 Å². The van der Waals surface area contributed by atoms with Crippen molar-refractivity contribution in [3.8, 4) is 0 Å². The Bertz CT molecular complexity index is 182. The predicted molar refractivity (Wildman–Crippen MR) is 64.2 cm³/mol. The Kier molecular flexibility index (Phi) is 5.03. The minimum atomic E-state index is 0.350. The van der Waals surface area contributed by atoms with Gasteiger partial charge in [0.2, 0.25) is 0 Å². The molecule has 3 nitrogen and oxygen atoms in total. The van der Waals surface area contributed by atoms with E-state index in [0.717, 1.165) is 25.6 Å². The second-order valence-corrected chi connectivity index (χ2v) is 5.21. The molecule has 0 amide bonds. The zero-order chi connectivity index (χ0) is 11.3. The first kappa shape index (κ1) is 12.9. The van der Waals surface area contributed by atoms with E-state index in [-0.39, 0.29) is 0 Å². The molecule has 1 N–H and O–H groups in total. The Labute approximate surface area is 94.2 Å². The van der Waals surface area contributed by atoms with E-state index in [1.54, 1.807) is 7.11 Å². The summed E-state index contributed by atoms with van der Waals surface area (Å²) in [5.74, 6) is 0.805. The number of hydrogen-bond donors (Lipinski definition) is 1. The molecule has 0 radical (unpaired) electrons. The Morgan fingerprint density at radius 2 is 2.20 bits per heavy atom. The first-order valence-corrected chi connectivity index (χ1v) is 5.98. The Hall–Kier alpha value is -0.120. The van der Waals surface area contributed by atoms with Crippen molar-refractivity contribution in [1.82, 2.24) is 10.2 Å². The fourth-order valence-corrected chi connectivity index (χ4v) is 2.42. The number of methoxy groups -OCH3 is 1. The molecule has 15 heavy (non-hydrogen) atoms. The number of nitrogens with zero attached hydrogens (tertiary/aromatic N) is 1. The van der Waals surface area contributed by atoms with Crippen molar-refractivity contribution >= 4 is 0 Å². The van der Waals surface area contributed by atoms with Gasteiger partial charge in [0.15, 0.2) is 0 Å². The van der Waals surface area contributed by atoms with Gasteiger partial charge < -0.3 is 10.1 Å².